The molecule has 0 radical (unpaired) electrons. The first-order valence-corrected chi connectivity index (χ1v) is 10.6. The summed E-state index contributed by atoms with van der Waals surface area (Å²) in [5, 5.41) is 3.40. The van der Waals surface area contributed by atoms with Gasteiger partial charge in [0.1, 0.15) is 5.82 Å². The van der Waals surface area contributed by atoms with Gasteiger partial charge in [-0.3, -0.25) is 4.98 Å². The number of nitrogens with two attached hydrogens (primary N) is 1. The predicted octanol–water partition coefficient (Wildman–Crippen LogP) is 4.20. The number of anilines is 3. The lowest BCUT2D eigenvalue weighted by atomic mass is 10.0. The maximum atomic E-state index is 5.76. The number of hydrogen-bond donors (Lipinski definition) is 2. The Morgan fingerprint density at radius 3 is 2.56 bits per heavy atom. The molecule has 32 heavy (non-hydrogen) atoms. The van der Waals surface area contributed by atoms with Crippen LogP contribution in [0.25, 0.3) is 11.3 Å². The molecule has 0 bridgehead atoms. The molecule has 2 aromatic heterocycles. The molecule has 0 aliphatic carbocycles. The van der Waals surface area contributed by atoms with Crippen LogP contribution in [0.1, 0.15) is 18.1 Å². The van der Waals surface area contributed by atoms with Crippen LogP contribution in [0.5, 0.6) is 0 Å². The SMILES string of the molecule is C[C@@H](Cc1cccc(CN)c1)Nc1nccc(N(C)c2cncc(-c3ccccc3)n2)n1. The Kier molecular flexibility index (Phi) is 6.67. The number of hydrogen-bond acceptors (Lipinski definition) is 7. The molecule has 0 spiro atoms. The van der Waals surface area contributed by atoms with Crippen molar-refractivity contribution < 1.29 is 0 Å². The highest BCUT2D eigenvalue weighted by molar-refractivity contribution is 5.62. The van der Waals surface area contributed by atoms with E-state index in [-0.39, 0.29) is 6.04 Å². The van der Waals surface area contributed by atoms with Crippen molar-refractivity contribution in [1.29, 1.82) is 0 Å². The summed E-state index contributed by atoms with van der Waals surface area (Å²) in [7, 11) is 1.92. The molecule has 0 fully saturated rings. The van der Waals surface area contributed by atoms with E-state index in [0.29, 0.717) is 18.3 Å². The van der Waals surface area contributed by atoms with Crippen LogP contribution in [0, 0.1) is 0 Å². The number of nitrogens with one attached hydrogen (secondary N) is 1. The van der Waals surface area contributed by atoms with E-state index in [4.69, 9.17) is 10.7 Å². The topological polar surface area (TPSA) is 92.8 Å². The molecule has 0 amide bonds. The van der Waals surface area contributed by atoms with Gasteiger partial charge in [-0.05, 0) is 30.5 Å². The zero-order valence-corrected chi connectivity index (χ0v) is 18.3. The minimum atomic E-state index is 0.157. The molecule has 2 heterocycles. The Bertz CT molecular complexity index is 1160. The van der Waals surface area contributed by atoms with Crippen molar-refractivity contribution >= 4 is 17.6 Å². The van der Waals surface area contributed by atoms with Crippen LogP contribution in [-0.4, -0.2) is 33.0 Å². The van der Waals surface area contributed by atoms with Gasteiger partial charge in [-0.15, -0.1) is 0 Å². The van der Waals surface area contributed by atoms with Crippen LogP contribution < -0.4 is 16.0 Å². The van der Waals surface area contributed by atoms with Crippen LogP contribution in [0.2, 0.25) is 0 Å². The summed E-state index contributed by atoms with van der Waals surface area (Å²) in [4.78, 5) is 20.1. The fourth-order valence-corrected chi connectivity index (χ4v) is 3.50. The Morgan fingerprint density at radius 1 is 0.938 bits per heavy atom. The third-order valence-electron chi connectivity index (χ3n) is 5.16. The Hall–Kier alpha value is -3.84. The van der Waals surface area contributed by atoms with E-state index < -0.39 is 0 Å². The van der Waals surface area contributed by atoms with Gasteiger partial charge in [-0.1, -0.05) is 54.6 Å². The van der Waals surface area contributed by atoms with Crippen molar-refractivity contribution in [2.75, 3.05) is 17.3 Å². The van der Waals surface area contributed by atoms with E-state index in [0.717, 1.165) is 29.1 Å². The van der Waals surface area contributed by atoms with Crippen molar-refractivity contribution in [1.82, 2.24) is 19.9 Å². The van der Waals surface area contributed by atoms with Gasteiger partial charge in [0.05, 0.1) is 18.1 Å². The lowest BCUT2D eigenvalue weighted by Gasteiger charge is -2.19. The van der Waals surface area contributed by atoms with Crippen molar-refractivity contribution in [2.45, 2.75) is 25.9 Å². The number of rotatable bonds is 8. The largest absolute Gasteiger partial charge is 0.351 e. The Balaban J connectivity index is 1.47. The second kappa shape index (κ2) is 9.98. The average Bonchev–Trinajstić information content (AvgIpc) is 2.84. The summed E-state index contributed by atoms with van der Waals surface area (Å²) in [5.74, 6) is 2.02. The summed E-state index contributed by atoms with van der Waals surface area (Å²) in [6, 6.07) is 20.4. The molecule has 1 atom stereocenters. The van der Waals surface area contributed by atoms with E-state index in [1.165, 1.54) is 5.56 Å². The molecular weight excluding hydrogens is 398 g/mol. The van der Waals surface area contributed by atoms with Gasteiger partial charge in [-0.25, -0.2) is 9.97 Å². The van der Waals surface area contributed by atoms with Crippen molar-refractivity contribution in [3.05, 3.63) is 90.4 Å². The van der Waals surface area contributed by atoms with Gasteiger partial charge in [0.25, 0.3) is 0 Å². The van der Waals surface area contributed by atoms with E-state index in [1.807, 2.05) is 60.5 Å². The van der Waals surface area contributed by atoms with Crippen LogP contribution in [0.3, 0.4) is 0 Å². The zero-order valence-electron chi connectivity index (χ0n) is 18.3. The first-order chi connectivity index (χ1) is 15.6. The summed E-state index contributed by atoms with van der Waals surface area (Å²) in [6.07, 6.45) is 6.09. The third kappa shape index (κ3) is 5.25. The van der Waals surface area contributed by atoms with Gasteiger partial charge in [0.2, 0.25) is 5.95 Å². The number of aromatic nitrogens is 4. The summed E-state index contributed by atoms with van der Waals surface area (Å²) in [6.45, 7) is 2.66. The molecule has 7 heteroatoms. The van der Waals surface area contributed by atoms with Gasteiger partial charge in [0, 0.05) is 31.4 Å². The van der Waals surface area contributed by atoms with Gasteiger partial charge < -0.3 is 16.0 Å². The number of benzene rings is 2. The average molecular weight is 426 g/mol. The van der Waals surface area contributed by atoms with E-state index >= 15 is 0 Å². The van der Waals surface area contributed by atoms with Crippen LogP contribution >= 0.6 is 0 Å². The van der Waals surface area contributed by atoms with E-state index in [9.17, 15) is 0 Å². The molecule has 0 unspecified atom stereocenters. The summed E-state index contributed by atoms with van der Waals surface area (Å²) in [5.41, 5.74) is 9.96. The summed E-state index contributed by atoms with van der Waals surface area (Å²) >= 11 is 0. The molecule has 7 nitrogen and oxygen atoms in total. The predicted molar refractivity (Wildman–Crippen MR) is 129 cm³/mol. The molecule has 0 aliphatic heterocycles. The maximum absolute atomic E-state index is 5.76. The second-order valence-corrected chi connectivity index (χ2v) is 7.70. The fraction of sp³-hybridized carbons (Fsp3) is 0.200. The van der Waals surface area contributed by atoms with Crippen molar-refractivity contribution in [3.8, 4) is 11.3 Å². The van der Waals surface area contributed by atoms with Crippen molar-refractivity contribution in [3.63, 3.8) is 0 Å². The molecule has 162 valence electrons. The van der Waals surface area contributed by atoms with Gasteiger partial charge in [0.15, 0.2) is 5.82 Å². The highest BCUT2D eigenvalue weighted by Gasteiger charge is 2.12. The standard InChI is InChI=1S/C25H27N7/c1-18(13-19-7-6-8-20(14-19)15-26)29-25-28-12-11-23(31-25)32(2)24-17-27-16-22(30-24)21-9-4-3-5-10-21/h3-12,14,16-18H,13,15,26H2,1-2H3,(H,28,29,31)/t18-/m0/s1. The van der Waals surface area contributed by atoms with E-state index in [2.05, 4.69) is 39.3 Å². The van der Waals surface area contributed by atoms with E-state index in [1.54, 1.807) is 18.6 Å². The monoisotopic (exact) mass is 425 g/mol. The Morgan fingerprint density at radius 2 is 1.75 bits per heavy atom. The quantitative estimate of drug-likeness (QED) is 0.437. The lowest BCUT2D eigenvalue weighted by molar-refractivity contribution is 0.775. The first-order valence-electron chi connectivity index (χ1n) is 10.6. The summed E-state index contributed by atoms with van der Waals surface area (Å²) < 4.78 is 0. The second-order valence-electron chi connectivity index (χ2n) is 7.70. The molecule has 3 N–H and O–H groups in total. The van der Waals surface area contributed by atoms with Crippen LogP contribution in [0.4, 0.5) is 17.6 Å². The lowest BCUT2D eigenvalue weighted by Crippen LogP contribution is -2.21. The smallest absolute Gasteiger partial charge is 0.224 e. The van der Waals surface area contributed by atoms with Crippen LogP contribution in [0.15, 0.2) is 79.3 Å². The maximum Gasteiger partial charge on any atom is 0.224 e. The normalized spacial score (nSPS) is 11.7. The molecular formula is C25H27N7. The minimum absolute atomic E-state index is 0.157. The molecule has 0 saturated carbocycles. The van der Waals surface area contributed by atoms with Gasteiger partial charge in [-0.2, -0.15) is 4.98 Å². The Labute approximate surface area is 188 Å². The number of nitrogens with zero attached hydrogens (tertiary/aromatic N) is 5. The molecule has 0 saturated heterocycles. The van der Waals surface area contributed by atoms with Crippen LogP contribution in [-0.2, 0) is 13.0 Å². The molecule has 2 aromatic carbocycles. The third-order valence-corrected chi connectivity index (χ3v) is 5.16. The fourth-order valence-electron chi connectivity index (χ4n) is 3.50. The first kappa shape index (κ1) is 21.4. The van der Waals surface area contributed by atoms with Gasteiger partial charge >= 0.3 is 0 Å². The molecule has 0 aliphatic rings. The highest BCUT2D eigenvalue weighted by Crippen LogP contribution is 2.23. The minimum Gasteiger partial charge on any atom is -0.351 e. The molecule has 4 rings (SSSR count). The van der Waals surface area contributed by atoms with Crippen molar-refractivity contribution in [2.24, 2.45) is 5.73 Å². The highest BCUT2D eigenvalue weighted by atomic mass is 15.3. The zero-order chi connectivity index (χ0) is 22.3. The molecule has 4 aromatic rings.